The molecule has 0 fully saturated rings. The van der Waals surface area contributed by atoms with Crippen molar-refractivity contribution in [2.24, 2.45) is 4.99 Å². The Kier molecular flexibility index (Phi) is 1.44. The predicted octanol–water partition coefficient (Wildman–Crippen LogP) is 2.78. The van der Waals surface area contributed by atoms with Crippen LogP contribution in [0.15, 0.2) is 41.9 Å². The van der Waals surface area contributed by atoms with Crippen molar-refractivity contribution in [3.8, 4) is 5.75 Å². The van der Waals surface area contributed by atoms with Crippen molar-refractivity contribution in [1.82, 2.24) is 4.98 Å². The highest BCUT2D eigenvalue weighted by atomic mass is 16.5. The Balaban J connectivity index is 2.38. The highest BCUT2D eigenvalue weighted by Gasteiger charge is 2.08. The maximum Gasteiger partial charge on any atom is 0.161 e. The summed E-state index contributed by atoms with van der Waals surface area (Å²) in [6.45, 7) is 0. The Morgan fingerprint density at radius 1 is 1.21 bits per heavy atom. The zero-order valence-corrected chi connectivity index (χ0v) is 7.40. The van der Waals surface area contributed by atoms with Crippen LogP contribution in [0.4, 0.5) is 5.69 Å². The molecule has 0 saturated carbocycles. The van der Waals surface area contributed by atoms with E-state index in [0.29, 0.717) is 0 Å². The average molecular weight is 184 g/mol. The molecule has 1 aliphatic heterocycles. The maximum absolute atomic E-state index is 5.49. The molecule has 0 saturated heterocycles. The molecular formula is C11H8N2O. The molecule has 2 heterocycles. The zero-order valence-electron chi connectivity index (χ0n) is 7.40. The molecule has 0 unspecified atom stereocenters. The molecule has 2 aromatic rings. The van der Waals surface area contributed by atoms with E-state index < -0.39 is 0 Å². The molecular weight excluding hydrogens is 176 g/mol. The summed E-state index contributed by atoms with van der Waals surface area (Å²) in [5.74, 6) is 0.814. The lowest BCUT2D eigenvalue weighted by atomic mass is 10.2. The number of rotatable bonds is 0. The molecule has 0 atom stereocenters. The third kappa shape index (κ3) is 0.956. The molecule has 1 aliphatic rings. The molecule has 0 spiro atoms. The Morgan fingerprint density at radius 3 is 3.21 bits per heavy atom. The molecule has 68 valence electrons. The van der Waals surface area contributed by atoms with E-state index in [1.807, 2.05) is 24.5 Å². The molecule has 0 bridgehead atoms. The zero-order chi connectivity index (χ0) is 9.38. The van der Waals surface area contributed by atoms with Crippen LogP contribution in [0.2, 0.25) is 0 Å². The summed E-state index contributed by atoms with van der Waals surface area (Å²) in [6.07, 6.45) is 9.00. The van der Waals surface area contributed by atoms with Crippen LogP contribution >= 0.6 is 0 Å². The van der Waals surface area contributed by atoms with Crippen LogP contribution < -0.4 is 4.74 Å². The minimum atomic E-state index is 0.814. The van der Waals surface area contributed by atoms with Crippen molar-refractivity contribution < 1.29 is 4.74 Å². The van der Waals surface area contributed by atoms with Gasteiger partial charge in [0.15, 0.2) is 5.75 Å². The van der Waals surface area contributed by atoms with E-state index >= 15 is 0 Å². The van der Waals surface area contributed by atoms with Crippen molar-refractivity contribution >= 4 is 22.7 Å². The predicted molar refractivity (Wildman–Crippen MR) is 56.2 cm³/mol. The minimum Gasteiger partial charge on any atom is -0.462 e. The largest absolute Gasteiger partial charge is 0.462 e. The number of benzene rings is 1. The van der Waals surface area contributed by atoms with Crippen LogP contribution in [0.3, 0.4) is 0 Å². The number of nitrogens with zero attached hydrogens (tertiary/aromatic N) is 1. The number of hydrogen-bond donors (Lipinski definition) is 1. The Morgan fingerprint density at radius 2 is 2.21 bits per heavy atom. The van der Waals surface area contributed by atoms with E-state index in [0.717, 1.165) is 22.2 Å². The number of nitrogens with one attached hydrogen (secondary N) is 1. The fraction of sp³-hybridized carbons (Fsp3) is 0. The highest BCUT2D eigenvalue weighted by molar-refractivity contribution is 5.94. The van der Waals surface area contributed by atoms with Gasteiger partial charge in [0.05, 0.1) is 6.26 Å². The van der Waals surface area contributed by atoms with Crippen LogP contribution in [-0.4, -0.2) is 11.2 Å². The summed E-state index contributed by atoms with van der Waals surface area (Å²) in [5, 5.41) is 2.19. The van der Waals surface area contributed by atoms with Crippen molar-refractivity contribution in [2.75, 3.05) is 0 Å². The number of hydrogen-bond acceptors (Lipinski definition) is 2. The monoisotopic (exact) mass is 184 g/mol. The first-order valence-electron chi connectivity index (χ1n) is 4.40. The molecule has 0 amide bonds. The molecule has 1 aromatic heterocycles. The summed E-state index contributed by atoms with van der Waals surface area (Å²) >= 11 is 0. The van der Waals surface area contributed by atoms with Gasteiger partial charge in [-0.1, -0.05) is 6.07 Å². The van der Waals surface area contributed by atoms with Gasteiger partial charge in [0.2, 0.25) is 0 Å². The normalized spacial score (nSPS) is 13.7. The fourth-order valence-electron chi connectivity index (χ4n) is 1.58. The SMILES string of the molecule is C1=COc2c(ccc3c[nH]cc23)N=C1. The van der Waals surface area contributed by atoms with Gasteiger partial charge in [-0.3, -0.25) is 4.99 Å². The lowest BCUT2D eigenvalue weighted by Gasteiger charge is -2.03. The number of allylic oxidation sites excluding steroid dienone is 1. The summed E-state index contributed by atoms with van der Waals surface area (Å²) in [4.78, 5) is 7.32. The van der Waals surface area contributed by atoms with Crippen LogP contribution in [0.1, 0.15) is 0 Å². The summed E-state index contributed by atoms with van der Waals surface area (Å²) in [6, 6.07) is 3.98. The number of aliphatic imine (C=N–C) groups is 1. The smallest absolute Gasteiger partial charge is 0.161 e. The van der Waals surface area contributed by atoms with Gasteiger partial charge in [0.25, 0.3) is 0 Å². The Labute approximate surface area is 80.7 Å². The summed E-state index contributed by atoms with van der Waals surface area (Å²) < 4.78 is 5.49. The highest BCUT2D eigenvalue weighted by Crippen LogP contribution is 2.36. The van der Waals surface area contributed by atoms with E-state index in [-0.39, 0.29) is 0 Å². The molecule has 1 aromatic carbocycles. The quantitative estimate of drug-likeness (QED) is 0.671. The van der Waals surface area contributed by atoms with Gasteiger partial charge in [-0.2, -0.15) is 0 Å². The number of aromatic amines is 1. The minimum absolute atomic E-state index is 0.814. The lowest BCUT2D eigenvalue weighted by molar-refractivity contribution is 0.490. The number of H-pyrrole nitrogens is 1. The van der Waals surface area contributed by atoms with E-state index in [1.165, 1.54) is 0 Å². The third-order valence-corrected chi connectivity index (χ3v) is 2.24. The van der Waals surface area contributed by atoms with Gasteiger partial charge in [-0.15, -0.1) is 0 Å². The average Bonchev–Trinajstić information content (AvgIpc) is 2.55. The lowest BCUT2D eigenvalue weighted by Crippen LogP contribution is -1.81. The first kappa shape index (κ1) is 7.38. The Hall–Kier alpha value is -2.03. The third-order valence-electron chi connectivity index (χ3n) is 2.24. The van der Waals surface area contributed by atoms with E-state index in [1.54, 1.807) is 18.6 Å². The standard InChI is InChI=1S/C11H8N2O/c1-4-13-10-3-2-8-6-12-7-9(8)11(10)14-5-1/h1-7,12H. The van der Waals surface area contributed by atoms with Gasteiger partial charge in [-0.25, -0.2) is 0 Å². The first-order valence-corrected chi connectivity index (χ1v) is 4.40. The van der Waals surface area contributed by atoms with Crippen molar-refractivity contribution in [1.29, 1.82) is 0 Å². The molecule has 14 heavy (non-hydrogen) atoms. The molecule has 0 aliphatic carbocycles. The van der Waals surface area contributed by atoms with E-state index in [2.05, 4.69) is 9.98 Å². The maximum atomic E-state index is 5.49. The first-order chi connectivity index (χ1) is 6.95. The van der Waals surface area contributed by atoms with Crippen molar-refractivity contribution in [3.05, 3.63) is 36.9 Å². The van der Waals surface area contributed by atoms with Crippen molar-refractivity contribution in [3.63, 3.8) is 0 Å². The molecule has 3 rings (SSSR count). The van der Waals surface area contributed by atoms with Crippen LogP contribution in [0, 0.1) is 0 Å². The van der Waals surface area contributed by atoms with Gasteiger partial charge in [0.1, 0.15) is 5.69 Å². The van der Waals surface area contributed by atoms with Crippen LogP contribution in [0.25, 0.3) is 10.8 Å². The number of aromatic nitrogens is 1. The van der Waals surface area contributed by atoms with Gasteiger partial charge in [0, 0.05) is 29.4 Å². The number of fused-ring (bicyclic) bond motifs is 3. The van der Waals surface area contributed by atoms with Gasteiger partial charge >= 0.3 is 0 Å². The van der Waals surface area contributed by atoms with E-state index in [4.69, 9.17) is 4.74 Å². The second kappa shape index (κ2) is 2.73. The molecule has 1 N–H and O–H groups in total. The van der Waals surface area contributed by atoms with Crippen LogP contribution in [0.5, 0.6) is 5.75 Å². The second-order valence-electron chi connectivity index (χ2n) is 3.10. The summed E-state index contributed by atoms with van der Waals surface area (Å²) in [5.41, 5.74) is 0.863. The fourth-order valence-corrected chi connectivity index (χ4v) is 1.58. The molecule has 3 nitrogen and oxygen atoms in total. The second-order valence-corrected chi connectivity index (χ2v) is 3.10. The topological polar surface area (TPSA) is 37.4 Å². The molecule has 3 heteroatoms. The molecule has 0 radical (unpaired) electrons. The van der Waals surface area contributed by atoms with Crippen molar-refractivity contribution in [2.45, 2.75) is 0 Å². The Bertz CT molecular complexity index is 537. The van der Waals surface area contributed by atoms with Crippen LogP contribution in [-0.2, 0) is 0 Å². The van der Waals surface area contributed by atoms with Gasteiger partial charge < -0.3 is 9.72 Å². The summed E-state index contributed by atoms with van der Waals surface area (Å²) in [7, 11) is 0. The van der Waals surface area contributed by atoms with Gasteiger partial charge in [-0.05, 0) is 12.1 Å². The number of ether oxygens (including phenoxy) is 1. The van der Waals surface area contributed by atoms with E-state index in [9.17, 15) is 0 Å².